The summed E-state index contributed by atoms with van der Waals surface area (Å²) in [4.78, 5) is 11.6. The summed E-state index contributed by atoms with van der Waals surface area (Å²) in [5, 5.41) is 2.90. The van der Waals surface area contributed by atoms with Gasteiger partial charge in [0.05, 0.1) is 17.8 Å². The highest BCUT2D eigenvalue weighted by Crippen LogP contribution is 2.35. The van der Waals surface area contributed by atoms with E-state index in [-0.39, 0.29) is 22.6 Å². The van der Waals surface area contributed by atoms with Crippen LogP contribution < -0.4 is 5.32 Å². The Bertz CT molecular complexity index is 435. The average molecular weight is 258 g/mol. The standard InChI is InChI=1S/C12H13ClFNO2/c1-17-12(16)11(7-5-6-7)15-9-4-2-3-8(13)10(9)14/h2-4,7,11,15H,5-6H2,1H3. The normalized spacial score (nSPS) is 16.4. The Morgan fingerprint density at radius 1 is 1.59 bits per heavy atom. The van der Waals surface area contributed by atoms with E-state index >= 15 is 0 Å². The van der Waals surface area contributed by atoms with E-state index in [1.54, 1.807) is 12.1 Å². The van der Waals surface area contributed by atoms with Crippen LogP contribution in [-0.4, -0.2) is 19.1 Å². The van der Waals surface area contributed by atoms with Gasteiger partial charge in [0.1, 0.15) is 6.04 Å². The van der Waals surface area contributed by atoms with E-state index in [2.05, 4.69) is 5.32 Å². The number of nitrogens with one attached hydrogen (secondary N) is 1. The van der Waals surface area contributed by atoms with E-state index in [0.717, 1.165) is 12.8 Å². The second-order valence-electron chi connectivity index (χ2n) is 4.08. The van der Waals surface area contributed by atoms with Crippen LogP contribution in [0.4, 0.5) is 10.1 Å². The summed E-state index contributed by atoms with van der Waals surface area (Å²) in [7, 11) is 1.33. The first-order valence-electron chi connectivity index (χ1n) is 5.42. The molecule has 1 aliphatic carbocycles. The molecular weight excluding hydrogens is 245 g/mol. The van der Waals surface area contributed by atoms with Crippen molar-refractivity contribution in [1.29, 1.82) is 0 Å². The van der Waals surface area contributed by atoms with Crippen molar-refractivity contribution in [3.63, 3.8) is 0 Å². The summed E-state index contributed by atoms with van der Waals surface area (Å²) in [6, 6.07) is 4.16. The lowest BCUT2D eigenvalue weighted by Gasteiger charge is -2.17. The SMILES string of the molecule is COC(=O)C(Nc1cccc(Cl)c1F)C1CC1. The first-order valence-corrected chi connectivity index (χ1v) is 5.79. The number of hydrogen-bond donors (Lipinski definition) is 1. The third-order valence-electron chi connectivity index (χ3n) is 2.81. The number of ether oxygens (including phenoxy) is 1. The van der Waals surface area contributed by atoms with E-state index < -0.39 is 11.9 Å². The third-order valence-corrected chi connectivity index (χ3v) is 3.10. The van der Waals surface area contributed by atoms with E-state index in [0.29, 0.717) is 0 Å². The van der Waals surface area contributed by atoms with Crippen LogP contribution in [0.3, 0.4) is 0 Å². The predicted octanol–water partition coefficient (Wildman–Crippen LogP) is 2.84. The van der Waals surface area contributed by atoms with Gasteiger partial charge in [0.25, 0.3) is 0 Å². The van der Waals surface area contributed by atoms with Gasteiger partial charge in [-0.1, -0.05) is 17.7 Å². The van der Waals surface area contributed by atoms with Gasteiger partial charge in [0.2, 0.25) is 0 Å². The van der Waals surface area contributed by atoms with Crippen molar-refractivity contribution in [1.82, 2.24) is 0 Å². The smallest absolute Gasteiger partial charge is 0.328 e. The van der Waals surface area contributed by atoms with Gasteiger partial charge in [0, 0.05) is 0 Å². The van der Waals surface area contributed by atoms with Gasteiger partial charge in [0.15, 0.2) is 5.82 Å². The molecule has 1 saturated carbocycles. The maximum absolute atomic E-state index is 13.7. The molecular formula is C12H13ClFNO2. The van der Waals surface area contributed by atoms with Crippen molar-refractivity contribution >= 4 is 23.3 Å². The lowest BCUT2D eigenvalue weighted by atomic mass is 10.1. The predicted molar refractivity (Wildman–Crippen MR) is 63.6 cm³/mol. The molecule has 92 valence electrons. The van der Waals surface area contributed by atoms with Crippen LogP contribution in [0.15, 0.2) is 18.2 Å². The van der Waals surface area contributed by atoms with E-state index in [4.69, 9.17) is 16.3 Å². The van der Waals surface area contributed by atoms with Crippen LogP contribution in [0, 0.1) is 11.7 Å². The molecule has 0 bridgehead atoms. The maximum atomic E-state index is 13.7. The Morgan fingerprint density at radius 2 is 2.29 bits per heavy atom. The zero-order valence-electron chi connectivity index (χ0n) is 9.37. The fourth-order valence-corrected chi connectivity index (χ4v) is 1.88. The highest BCUT2D eigenvalue weighted by atomic mass is 35.5. The molecule has 0 saturated heterocycles. The number of esters is 1. The zero-order valence-corrected chi connectivity index (χ0v) is 10.1. The zero-order chi connectivity index (χ0) is 12.4. The van der Waals surface area contributed by atoms with Crippen LogP contribution in [0.1, 0.15) is 12.8 Å². The van der Waals surface area contributed by atoms with Crippen molar-refractivity contribution in [2.24, 2.45) is 5.92 Å². The highest BCUT2D eigenvalue weighted by molar-refractivity contribution is 6.31. The number of rotatable bonds is 4. The summed E-state index contributed by atoms with van der Waals surface area (Å²) in [6.07, 6.45) is 1.91. The van der Waals surface area contributed by atoms with Crippen LogP contribution in [0.2, 0.25) is 5.02 Å². The molecule has 1 N–H and O–H groups in total. The van der Waals surface area contributed by atoms with Gasteiger partial charge in [-0.15, -0.1) is 0 Å². The van der Waals surface area contributed by atoms with Crippen molar-refractivity contribution in [3.05, 3.63) is 29.0 Å². The topological polar surface area (TPSA) is 38.3 Å². The molecule has 5 heteroatoms. The minimum atomic E-state index is -0.538. The van der Waals surface area contributed by atoms with E-state index in [9.17, 15) is 9.18 Å². The number of carbonyl (C=O) groups excluding carboxylic acids is 1. The molecule has 1 aromatic carbocycles. The average Bonchev–Trinajstić information content (AvgIpc) is 3.14. The van der Waals surface area contributed by atoms with Crippen LogP contribution in [0.25, 0.3) is 0 Å². The van der Waals surface area contributed by atoms with E-state index in [1.165, 1.54) is 13.2 Å². The van der Waals surface area contributed by atoms with Crippen LogP contribution in [-0.2, 0) is 9.53 Å². The Labute approximate surface area is 104 Å². The summed E-state index contributed by atoms with van der Waals surface area (Å²) in [5.74, 6) is -0.684. The largest absolute Gasteiger partial charge is 0.467 e. The van der Waals surface area contributed by atoms with Gasteiger partial charge >= 0.3 is 5.97 Å². The monoisotopic (exact) mass is 257 g/mol. The van der Waals surface area contributed by atoms with Crippen LogP contribution >= 0.6 is 11.6 Å². The minimum Gasteiger partial charge on any atom is -0.467 e. The van der Waals surface area contributed by atoms with Crippen molar-refractivity contribution in [3.8, 4) is 0 Å². The first-order chi connectivity index (χ1) is 8.13. The second-order valence-corrected chi connectivity index (χ2v) is 4.49. The molecule has 0 aliphatic heterocycles. The van der Waals surface area contributed by atoms with E-state index in [1.807, 2.05) is 0 Å². The Hall–Kier alpha value is -1.29. The number of halogens is 2. The van der Waals surface area contributed by atoms with Gasteiger partial charge < -0.3 is 10.1 Å². The number of carbonyl (C=O) groups is 1. The van der Waals surface area contributed by atoms with Gasteiger partial charge in [-0.25, -0.2) is 9.18 Å². The molecule has 0 amide bonds. The van der Waals surface area contributed by atoms with Gasteiger partial charge in [-0.05, 0) is 30.9 Å². The number of benzene rings is 1. The molecule has 0 aromatic heterocycles. The summed E-state index contributed by atoms with van der Waals surface area (Å²) in [6.45, 7) is 0. The number of methoxy groups -OCH3 is 1. The van der Waals surface area contributed by atoms with Crippen molar-refractivity contribution < 1.29 is 13.9 Å². The Morgan fingerprint density at radius 3 is 2.88 bits per heavy atom. The molecule has 0 heterocycles. The van der Waals surface area contributed by atoms with Crippen molar-refractivity contribution in [2.75, 3.05) is 12.4 Å². The maximum Gasteiger partial charge on any atom is 0.328 e. The quantitative estimate of drug-likeness (QED) is 0.843. The number of anilines is 1. The Balaban J connectivity index is 2.17. The molecule has 2 rings (SSSR count). The molecule has 0 radical (unpaired) electrons. The second kappa shape index (κ2) is 4.92. The molecule has 1 aliphatic rings. The third kappa shape index (κ3) is 2.69. The van der Waals surface area contributed by atoms with Gasteiger partial charge in [-0.2, -0.15) is 0 Å². The summed E-state index contributed by atoms with van der Waals surface area (Å²) >= 11 is 5.67. The molecule has 17 heavy (non-hydrogen) atoms. The van der Waals surface area contributed by atoms with Crippen LogP contribution in [0.5, 0.6) is 0 Å². The van der Waals surface area contributed by atoms with Crippen molar-refractivity contribution in [2.45, 2.75) is 18.9 Å². The lowest BCUT2D eigenvalue weighted by Crippen LogP contribution is -2.33. The Kier molecular flexibility index (Phi) is 3.52. The minimum absolute atomic E-state index is 0.0365. The molecule has 1 unspecified atom stereocenters. The van der Waals surface area contributed by atoms with Gasteiger partial charge in [-0.3, -0.25) is 0 Å². The fraction of sp³-hybridized carbons (Fsp3) is 0.417. The lowest BCUT2D eigenvalue weighted by molar-refractivity contribution is -0.142. The number of hydrogen-bond acceptors (Lipinski definition) is 3. The summed E-state index contributed by atoms with van der Waals surface area (Å²) < 4.78 is 18.4. The fourth-order valence-electron chi connectivity index (χ4n) is 1.71. The molecule has 1 aromatic rings. The molecule has 1 atom stereocenters. The molecule has 0 spiro atoms. The molecule has 1 fully saturated rings. The summed E-state index contributed by atoms with van der Waals surface area (Å²) in [5.41, 5.74) is 0.236. The molecule has 3 nitrogen and oxygen atoms in total. The first kappa shape index (κ1) is 12.2. The highest BCUT2D eigenvalue weighted by Gasteiger charge is 2.37.